The van der Waals surface area contributed by atoms with E-state index in [1.54, 1.807) is 13.2 Å². The van der Waals surface area contributed by atoms with Crippen LogP contribution >= 0.6 is 0 Å². The number of esters is 1. The molecule has 5 aliphatic rings. The maximum atomic E-state index is 13.1. The van der Waals surface area contributed by atoms with Crippen LogP contribution < -0.4 is 4.74 Å². The van der Waals surface area contributed by atoms with E-state index in [-0.39, 0.29) is 39.8 Å². The molecule has 4 nitrogen and oxygen atoms in total. The van der Waals surface area contributed by atoms with Crippen molar-refractivity contribution in [3.05, 3.63) is 47.6 Å². The lowest BCUT2D eigenvalue weighted by atomic mass is 9.33. The molecule has 4 heteroatoms. The van der Waals surface area contributed by atoms with Crippen LogP contribution in [0.3, 0.4) is 0 Å². The van der Waals surface area contributed by atoms with Gasteiger partial charge in [-0.1, -0.05) is 58.9 Å². The molecule has 11 atom stereocenters. The van der Waals surface area contributed by atoms with Crippen molar-refractivity contribution in [1.82, 2.24) is 0 Å². The smallest absolute Gasteiger partial charge is 0.331 e. The van der Waals surface area contributed by atoms with Crippen molar-refractivity contribution in [3.8, 4) is 5.75 Å². The van der Waals surface area contributed by atoms with Gasteiger partial charge >= 0.3 is 5.97 Å². The first-order valence-corrected chi connectivity index (χ1v) is 17.5. The summed E-state index contributed by atoms with van der Waals surface area (Å²) in [5.74, 6) is 3.97. The molecule has 5 saturated carbocycles. The monoisotopic (exact) mass is 602 g/mol. The number of carbonyl (C=O) groups excluding carboxylic acids is 1. The quantitative estimate of drug-likeness (QED) is 0.207. The molecule has 5 fully saturated rings. The minimum absolute atomic E-state index is 0.0892. The summed E-state index contributed by atoms with van der Waals surface area (Å²) in [5, 5.41) is 11.7. The standard InChI is InChI=1S/C40H58O4/c1-24(2)27-13-14-28-30(41)23-40(8)29(36(27)28)15-16-33-38(6)20-19-34(37(4,5)32(38)18-21-39(33,40)7)44-35(42)17-12-26-11-10-25(3)31(22-26)43-9/h10-12,17,22,27-30,32-34,36,41H,1,13-16,18-21,23H2,2-9H3/b17-12+/t27-,28+,29+,30-,32-,33+,34-,36-,38-,39+,40+/m0/s1. The molecule has 0 unspecified atom stereocenters. The molecule has 5 aliphatic carbocycles. The number of fused-ring (bicyclic) bond motifs is 7. The second-order valence-corrected chi connectivity index (χ2v) is 17.1. The van der Waals surface area contributed by atoms with Crippen molar-refractivity contribution in [2.75, 3.05) is 7.11 Å². The molecule has 1 aromatic carbocycles. The van der Waals surface area contributed by atoms with Gasteiger partial charge in [0, 0.05) is 11.5 Å². The minimum atomic E-state index is -0.255. The molecule has 0 heterocycles. The zero-order valence-corrected chi connectivity index (χ0v) is 28.7. The van der Waals surface area contributed by atoms with Gasteiger partial charge in [0.15, 0.2) is 0 Å². The Balaban J connectivity index is 1.21. The van der Waals surface area contributed by atoms with E-state index >= 15 is 0 Å². The van der Waals surface area contributed by atoms with Crippen molar-refractivity contribution < 1.29 is 19.4 Å². The van der Waals surface area contributed by atoms with Crippen molar-refractivity contribution in [2.24, 2.45) is 57.2 Å². The lowest BCUT2D eigenvalue weighted by molar-refractivity contribution is -0.253. The zero-order chi connectivity index (χ0) is 31.8. The molecule has 0 aromatic heterocycles. The number of ether oxygens (including phenoxy) is 2. The van der Waals surface area contributed by atoms with E-state index in [0.29, 0.717) is 35.5 Å². The summed E-state index contributed by atoms with van der Waals surface area (Å²) in [6.45, 7) is 21.2. The molecule has 1 aromatic rings. The van der Waals surface area contributed by atoms with Gasteiger partial charge in [-0.05, 0) is 147 Å². The number of aryl methyl sites for hydroxylation is 1. The highest BCUT2D eigenvalue weighted by molar-refractivity contribution is 5.87. The summed E-state index contributed by atoms with van der Waals surface area (Å²) in [7, 11) is 1.67. The third-order valence-corrected chi connectivity index (χ3v) is 15.0. The van der Waals surface area contributed by atoms with Gasteiger partial charge < -0.3 is 14.6 Å². The molecule has 0 bridgehead atoms. The summed E-state index contributed by atoms with van der Waals surface area (Å²) in [6, 6.07) is 5.97. The first-order valence-electron chi connectivity index (χ1n) is 17.5. The van der Waals surface area contributed by atoms with Crippen LogP contribution in [0.5, 0.6) is 5.75 Å². The van der Waals surface area contributed by atoms with Crippen molar-refractivity contribution in [1.29, 1.82) is 0 Å². The molecule has 1 N–H and O–H groups in total. The van der Waals surface area contributed by atoms with E-state index in [9.17, 15) is 9.90 Å². The van der Waals surface area contributed by atoms with Crippen LogP contribution in [0.25, 0.3) is 6.08 Å². The molecule has 0 radical (unpaired) electrons. The van der Waals surface area contributed by atoms with E-state index in [1.165, 1.54) is 44.1 Å². The number of aliphatic hydroxyl groups is 1. The molecule has 44 heavy (non-hydrogen) atoms. The fourth-order valence-corrected chi connectivity index (χ4v) is 12.7. The Morgan fingerprint density at radius 3 is 2.43 bits per heavy atom. The fraction of sp³-hybridized carbons (Fsp3) is 0.725. The van der Waals surface area contributed by atoms with Gasteiger partial charge in [-0.2, -0.15) is 0 Å². The average Bonchev–Trinajstić information content (AvgIpc) is 3.41. The van der Waals surface area contributed by atoms with E-state index in [0.717, 1.165) is 36.1 Å². The van der Waals surface area contributed by atoms with Gasteiger partial charge in [0.2, 0.25) is 0 Å². The van der Waals surface area contributed by atoms with Crippen LogP contribution in [0.15, 0.2) is 36.4 Å². The van der Waals surface area contributed by atoms with Crippen LogP contribution in [-0.2, 0) is 9.53 Å². The number of hydrogen-bond donors (Lipinski definition) is 1. The Morgan fingerprint density at radius 2 is 1.73 bits per heavy atom. The molecular weight excluding hydrogens is 544 g/mol. The number of benzene rings is 1. The van der Waals surface area contributed by atoms with E-state index in [1.807, 2.05) is 31.2 Å². The Morgan fingerprint density at radius 1 is 0.977 bits per heavy atom. The minimum Gasteiger partial charge on any atom is -0.496 e. The summed E-state index contributed by atoms with van der Waals surface area (Å²) < 4.78 is 11.7. The van der Waals surface area contributed by atoms with Crippen LogP contribution in [-0.4, -0.2) is 30.4 Å². The molecule has 0 spiro atoms. The SMILES string of the molecule is C=C(C)[C@@H]1CC[C@H]2[C@H]1[C@H]1CC[C@@H]3[C@@]4(C)CC[C@H](OC(=O)/C=C/c5ccc(C)c(OC)c5)C(C)(C)[C@@H]4CC[C@@]3(C)[C@]1(C)C[C@@H]2O. The van der Waals surface area contributed by atoms with Gasteiger partial charge in [-0.15, -0.1) is 0 Å². The highest BCUT2D eigenvalue weighted by Crippen LogP contribution is 2.76. The Hall–Kier alpha value is -2.07. The lowest BCUT2D eigenvalue weighted by Crippen LogP contribution is -2.67. The van der Waals surface area contributed by atoms with E-state index in [2.05, 4.69) is 48.1 Å². The largest absolute Gasteiger partial charge is 0.496 e. The van der Waals surface area contributed by atoms with Crippen LogP contribution in [0.1, 0.15) is 110 Å². The third kappa shape index (κ3) is 4.66. The summed E-state index contributed by atoms with van der Waals surface area (Å²) in [5.41, 5.74) is 3.78. The Labute approximate surface area is 267 Å². The molecule has 0 aliphatic heterocycles. The van der Waals surface area contributed by atoms with Crippen molar-refractivity contribution >= 4 is 12.0 Å². The highest BCUT2D eigenvalue weighted by atomic mass is 16.5. The van der Waals surface area contributed by atoms with Crippen LogP contribution in [0.2, 0.25) is 0 Å². The maximum absolute atomic E-state index is 13.1. The van der Waals surface area contributed by atoms with E-state index in [4.69, 9.17) is 9.47 Å². The summed E-state index contributed by atoms with van der Waals surface area (Å²) in [6.07, 6.45) is 13.4. The predicted molar refractivity (Wildman–Crippen MR) is 178 cm³/mol. The number of hydrogen-bond acceptors (Lipinski definition) is 4. The topological polar surface area (TPSA) is 55.8 Å². The second-order valence-electron chi connectivity index (χ2n) is 17.1. The number of methoxy groups -OCH3 is 1. The van der Waals surface area contributed by atoms with Gasteiger partial charge in [-0.3, -0.25) is 0 Å². The van der Waals surface area contributed by atoms with Crippen LogP contribution in [0, 0.1) is 64.1 Å². The predicted octanol–water partition coefficient (Wildman–Crippen LogP) is 9.19. The third-order valence-electron chi connectivity index (χ3n) is 15.0. The van der Waals surface area contributed by atoms with Gasteiger partial charge in [0.25, 0.3) is 0 Å². The first-order chi connectivity index (χ1) is 20.7. The Bertz CT molecular complexity index is 1330. The van der Waals surface area contributed by atoms with Gasteiger partial charge in [-0.25, -0.2) is 4.79 Å². The molecule has 6 rings (SSSR count). The molecule has 242 valence electrons. The van der Waals surface area contributed by atoms with Crippen LogP contribution in [0.4, 0.5) is 0 Å². The molecule has 0 amide bonds. The highest BCUT2D eigenvalue weighted by Gasteiger charge is 2.70. The number of carbonyl (C=O) groups is 1. The van der Waals surface area contributed by atoms with Crippen molar-refractivity contribution in [2.45, 2.75) is 118 Å². The first kappa shape index (κ1) is 31.9. The number of aliphatic hydroxyl groups excluding tert-OH is 1. The zero-order valence-electron chi connectivity index (χ0n) is 28.7. The van der Waals surface area contributed by atoms with E-state index < -0.39 is 0 Å². The number of rotatable bonds is 5. The Kier molecular flexibility index (Phi) is 7.99. The van der Waals surface area contributed by atoms with Crippen molar-refractivity contribution in [3.63, 3.8) is 0 Å². The number of allylic oxidation sites excluding steroid dienone is 1. The average molecular weight is 603 g/mol. The summed E-state index contributed by atoms with van der Waals surface area (Å²) in [4.78, 5) is 13.1. The summed E-state index contributed by atoms with van der Waals surface area (Å²) >= 11 is 0. The normalized spacial score (nSPS) is 44.2. The maximum Gasteiger partial charge on any atom is 0.331 e. The fourth-order valence-electron chi connectivity index (χ4n) is 12.7. The molecule has 0 saturated heterocycles. The van der Waals surface area contributed by atoms with Gasteiger partial charge in [0.05, 0.1) is 13.2 Å². The molecular formula is C40H58O4. The van der Waals surface area contributed by atoms with Gasteiger partial charge in [0.1, 0.15) is 11.9 Å². The lowest BCUT2D eigenvalue weighted by Gasteiger charge is -2.72. The second kappa shape index (κ2) is 11.0.